The summed E-state index contributed by atoms with van der Waals surface area (Å²) in [5.41, 5.74) is 8.36. The fourth-order valence-corrected chi connectivity index (χ4v) is 2.96. The summed E-state index contributed by atoms with van der Waals surface area (Å²) in [6.07, 6.45) is 4.16. The number of benzene rings is 1. The Morgan fingerprint density at radius 2 is 1.95 bits per heavy atom. The maximum absolute atomic E-state index is 6.61. The average Bonchev–Trinajstić information content (AvgIpc) is 2.93. The van der Waals surface area contributed by atoms with E-state index in [0.717, 1.165) is 48.7 Å². The topological polar surface area (TPSA) is 69.6 Å². The van der Waals surface area contributed by atoms with E-state index in [1.54, 1.807) is 0 Å². The van der Waals surface area contributed by atoms with Crippen LogP contribution in [0.3, 0.4) is 0 Å². The Hall–Kier alpha value is -1.75. The molecule has 1 aliphatic rings. The Morgan fingerprint density at radius 3 is 2.65 bits per heavy atom. The van der Waals surface area contributed by atoms with Gasteiger partial charge < -0.3 is 5.73 Å². The van der Waals surface area contributed by atoms with Crippen LogP contribution >= 0.6 is 0 Å². The molecule has 1 saturated carbocycles. The zero-order valence-electron chi connectivity index (χ0n) is 12.1. The molecule has 0 aliphatic heterocycles. The van der Waals surface area contributed by atoms with Gasteiger partial charge in [-0.15, -0.1) is 5.10 Å². The van der Waals surface area contributed by atoms with Gasteiger partial charge in [0.1, 0.15) is 0 Å². The van der Waals surface area contributed by atoms with Crippen LogP contribution in [0.1, 0.15) is 44.0 Å². The van der Waals surface area contributed by atoms with Crippen LogP contribution in [-0.4, -0.2) is 20.2 Å². The molecule has 0 unspecified atom stereocenters. The number of nitrogens with two attached hydrogens (primary N) is 1. The number of tetrazole rings is 1. The molecule has 5 heteroatoms. The standard InChI is InChI=1S/C15H21N5/c1-11-7-9-15(16,10-8-11)14-17-18-19-20(14)13-6-4-3-5-12(13)2/h3-6,11H,7-10,16H2,1-2H3. The molecule has 1 aromatic carbocycles. The Bertz CT molecular complexity index is 596. The maximum atomic E-state index is 6.61. The van der Waals surface area contributed by atoms with Crippen molar-refractivity contribution >= 4 is 0 Å². The third-order valence-electron chi connectivity index (χ3n) is 4.42. The first-order valence-electron chi connectivity index (χ1n) is 7.24. The molecule has 0 amide bonds. The van der Waals surface area contributed by atoms with Crippen LogP contribution in [0, 0.1) is 12.8 Å². The molecule has 1 heterocycles. The van der Waals surface area contributed by atoms with Crippen molar-refractivity contribution in [2.24, 2.45) is 11.7 Å². The minimum absolute atomic E-state index is 0.404. The zero-order chi connectivity index (χ0) is 14.2. The summed E-state index contributed by atoms with van der Waals surface area (Å²) in [6, 6.07) is 8.11. The predicted octanol–water partition coefficient (Wildman–Crippen LogP) is 2.33. The lowest BCUT2D eigenvalue weighted by atomic mass is 9.77. The van der Waals surface area contributed by atoms with Gasteiger partial charge in [-0.25, -0.2) is 0 Å². The Labute approximate surface area is 119 Å². The van der Waals surface area contributed by atoms with Gasteiger partial charge in [-0.2, -0.15) is 4.68 Å². The smallest absolute Gasteiger partial charge is 0.176 e. The number of aromatic nitrogens is 4. The molecule has 0 atom stereocenters. The molecule has 1 aliphatic carbocycles. The zero-order valence-corrected chi connectivity index (χ0v) is 12.1. The van der Waals surface area contributed by atoms with Crippen LogP contribution in [0.15, 0.2) is 24.3 Å². The number of hydrogen-bond acceptors (Lipinski definition) is 4. The highest BCUT2D eigenvalue weighted by Gasteiger charge is 2.37. The highest BCUT2D eigenvalue weighted by atomic mass is 15.5. The SMILES string of the molecule is Cc1ccccc1-n1nnnc1C1(N)CCC(C)CC1. The molecule has 2 N–H and O–H groups in total. The van der Waals surface area contributed by atoms with Gasteiger partial charge in [0.15, 0.2) is 5.82 Å². The lowest BCUT2D eigenvalue weighted by Crippen LogP contribution is -2.42. The van der Waals surface area contributed by atoms with Crippen molar-refractivity contribution in [3.63, 3.8) is 0 Å². The molecule has 3 rings (SSSR count). The van der Waals surface area contributed by atoms with Crippen LogP contribution in [0.4, 0.5) is 0 Å². The second-order valence-electron chi connectivity index (χ2n) is 6.04. The molecule has 0 saturated heterocycles. The predicted molar refractivity (Wildman–Crippen MR) is 77.4 cm³/mol. The van der Waals surface area contributed by atoms with Gasteiger partial charge in [0.2, 0.25) is 0 Å². The first-order valence-corrected chi connectivity index (χ1v) is 7.24. The molecule has 0 bridgehead atoms. The van der Waals surface area contributed by atoms with Gasteiger partial charge in [0, 0.05) is 0 Å². The van der Waals surface area contributed by atoms with Gasteiger partial charge in [-0.3, -0.25) is 0 Å². The van der Waals surface area contributed by atoms with Crippen LogP contribution in [-0.2, 0) is 5.54 Å². The number of nitrogens with zero attached hydrogens (tertiary/aromatic N) is 4. The lowest BCUT2D eigenvalue weighted by molar-refractivity contribution is 0.233. The van der Waals surface area contributed by atoms with Crippen molar-refractivity contribution in [1.82, 2.24) is 20.2 Å². The van der Waals surface area contributed by atoms with E-state index in [-0.39, 0.29) is 0 Å². The normalized spacial score (nSPS) is 26.6. The maximum Gasteiger partial charge on any atom is 0.176 e. The molecule has 0 radical (unpaired) electrons. The minimum atomic E-state index is -0.404. The summed E-state index contributed by atoms with van der Waals surface area (Å²) < 4.78 is 1.81. The van der Waals surface area contributed by atoms with Crippen LogP contribution < -0.4 is 5.73 Å². The number of aryl methyl sites for hydroxylation is 1. The van der Waals surface area contributed by atoms with Crippen molar-refractivity contribution < 1.29 is 0 Å². The van der Waals surface area contributed by atoms with Crippen LogP contribution in [0.25, 0.3) is 5.69 Å². The van der Waals surface area contributed by atoms with E-state index in [2.05, 4.69) is 35.4 Å². The second-order valence-corrected chi connectivity index (χ2v) is 6.04. The van der Waals surface area contributed by atoms with E-state index in [9.17, 15) is 0 Å². The van der Waals surface area contributed by atoms with E-state index in [1.807, 2.05) is 22.9 Å². The fourth-order valence-electron chi connectivity index (χ4n) is 2.96. The summed E-state index contributed by atoms with van der Waals surface area (Å²) in [5.74, 6) is 1.54. The van der Waals surface area contributed by atoms with Gasteiger partial charge >= 0.3 is 0 Å². The number of para-hydroxylation sites is 1. The van der Waals surface area contributed by atoms with Crippen LogP contribution in [0.5, 0.6) is 0 Å². The molecule has 106 valence electrons. The lowest BCUT2D eigenvalue weighted by Gasteiger charge is -2.34. The highest BCUT2D eigenvalue weighted by molar-refractivity contribution is 5.40. The highest BCUT2D eigenvalue weighted by Crippen LogP contribution is 2.36. The van der Waals surface area contributed by atoms with Gasteiger partial charge in [0.05, 0.1) is 11.2 Å². The van der Waals surface area contributed by atoms with E-state index in [0.29, 0.717) is 0 Å². The summed E-state index contributed by atoms with van der Waals surface area (Å²) in [7, 11) is 0. The van der Waals surface area contributed by atoms with Gasteiger partial charge in [-0.1, -0.05) is 25.1 Å². The Balaban J connectivity index is 2.01. The van der Waals surface area contributed by atoms with E-state index in [1.165, 1.54) is 0 Å². The minimum Gasteiger partial charge on any atom is -0.319 e. The molecule has 20 heavy (non-hydrogen) atoms. The average molecular weight is 271 g/mol. The van der Waals surface area contributed by atoms with Crippen molar-refractivity contribution in [2.75, 3.05) is 0 Å². The Kier molecular flexibility index (Phi) is 3.30. The first-order chi connectivity index (χ1) is 9.60. The fraction of sp³-hybridized carbons (Fsp3) is 0.533. The molecular weight excluding hydrogens is 250 g/mol. The first kappa shape index (κ1) is 13.2. The molecule has 2 aromatic rings. The van der Waals surface area contributed by atoms with E-state index < -0.39 is 5.54 Å². The third kappa shape index (κ3) is 2.22. The largest absolute Gasteiger partial charge is 0.319 e. The second kappa shape index (κ2) is 4.98. The number of hydrogen-bond donors (Lipinski definition) is 1. The number of rotatable bonds is 2. The third-order valence-corrected chi connectivity index (χ3v) is 4.42. The quantitative estimate of drug-likeness (QED) is 0.910. The van der Waals surface area contributed by atoms with Crippen molar-refractivity contribution in [1.29, 1.82) is 0 Å². The van der Waals surface area contributed by atoms with E-state index in [4.69, 9.17) is 5.73 Å². The molecular formula is C15H21N5. The summed E-state index contributed by atoms with van der Waals surface area (Å²) in [5, 5.41) is 12.3. The van der Waals surface area contributed by atoms with E-state index >= 15 is 0 Å². The Morgan fingerprint density at radius 1 is 1.25 bits per heavy atom. The van der Waals surface area contributed by atoms with Crippen LogP contribution in [0.2, 0.25) is 0 Å². The molecule has 1 fully saturated rings. The van der Waals surface area contributed by atoms with Crippen molar-refractivity contribution in [3.8, 4) is 5.69 Å². The van der Waals surface area contributed by atoms with Crippen molar-refractivity contribution in [3.05, 3.63) is 35.7 Å². The summed E-state index contributed by atoms with van der Waals surface area (Å²) in [4.78, 5) is 0. The van der Waals surface area contributed by atoms with Gasteiger partial charge in [0.25, 0.3) is 0 Å². The van der Waals surface area contributed by atoms with Crippen molar-refractivity contribution in [2.45, 2.75) is 45.1 Å². The van der Waals surface area contributed by atoms with Gasteiger partial charge in [-0.05, 0) is 60.6 Å². The molecule has 5 nitrogen and oxygen atoms in total. The summed E-state index contributed by atoms with van der Waals surface area (Å²) in [6.45, 7) is 4.34. The molecule has 0 spiro atoms. The monoisotopic (exact) mass is 271 g/mol. The molecule has 1 aromatic heterocycles. The summed E-state index contributed by atoms with van der Waals surface area (Å²) >= 11 is 0.